The van der Waals surface area contributed by atoms with Gasteiger partial charge in [-0.2, -0.15) is 0 Å². The second kappa shape index (κ2) is 5.39. The van der Waals surface area contributed by atoms with Crippen LogP contribution < -0.4 is 5.32 Å². The van der Waals surface area contributed by atoms with E-state index in [1.165, 1.54) is 32.1 Å². The van der Waals surface area contributed by atoms with Crippen LogP contribution in [0.1, 0.15) is 37.7 Å². The molecule has 4 saturated carbocycles. The summed E-state index contributed by atoms with van der Waals surface area (Å²) < 4.78 is 13.4. The van der Waals surface area contributed by atoms with Crippen molar-refractivity contribution in [3.05, 3.63) is 35.6 Å². The largest absolute Gasteiger partial charge is 0.316 e. The highest BCUT2D eigenvalue weighted by Crippen LogP contribution is 2.57. The molecule has 0 aromatic heterocycles. The van der Waals surface area contributed by atoms with Gasteiger partial charge in [0.15, 0.2) is 0 Å². The minimum Gasteiger partial charge on any atom is -0.316 e. The van der Waals surface area contributed by atoms with E-state index < -0.39 is 0 Å². The van der Waals surface area contributed by atoms with Gasteiger partial charge >= 0.3 is 0 Å². The molecule has 21 heavy (non-hydrogen) atoms. The molecule has 0 amide bonds. The highest BCUT2D eigenvalue weighted by atomic mass is 19.1. The number of halogens is 1. The van der Waals surface area contributed by atoms with Gasteiger partial charge in [-0.1, -0.05) is 12.1 Å². The summed E-state index contributed by atoms with van der Waals surface area (Å²) in [4.78, 5) is 0. The molecule has 4 fully saturated rings. The zero-order valence-electron chi connectivity index (χ0n) is 12.9. The second-order valence-corrected chi connectivity index (χ2v) is 7.74. The number of benzene rings is 1. The van der Waals surface area contributed by atoms with E-state index in [2.05, 4.69) is 18.4 Å². The van der Waals surface area contributed by atoms with Gasteiger partial charge in [0, 0.05) is 6.04 Å². The summed E-state index contributed by atoms with van der Waals surface area (Å²) in [5.41, 5.74) is 1.14. The maximum absolute atomic E-state index is 13.4. The second-order valence-electron chi connectivity index (χ2n) is 7.74. The van der Waals surface area contributed by atoms with E-state index in [0.29, 0.717) is 6.04 Å². The van der Waals surface area contributed by atoms with Crippen LogP contribution in [0.2, 0.25) is 0 Å². The standard InChI is InChI=1S/C19H26FN/c1-21-18(11-12-3-2-4-17(20)10-12)19-15-6-13-5-14(8-15)9-16(19)7-13/h2-4,10,13-16,18-19,21H,5-9,11H2,1H3. The lowest BCUT2D eigenvalue weighted by Gasteiger charge is -2.56. The molecule has 0 heterocycles. The fraction of sp³-hybridized carbons (Fsp3) is 0.684. The molecule has 1 N–H and O–H groups in total. The van der Waals surface area contributed by atoms with Gasteiger partial charge in [0.05, 0.1) is 0 Å². The molecule has 1 aromatic carbocycles. The van der Waals surface area contributed by atoms with E-state index in [0.717, 1.165) is 41.6 Å². The van der Waals surface area contributed by atoms with Gasteiger partial charge in [-0.25, -0.2) is 4.39 Å². The monoisotopic (exact) mass is 287 g/mol. The minimum absolute atomic E-state index is 0.104. The Kier molecular flexibility index (Phi) is 3.53. The van der Waals surface area contributed by atoms with Gasteiger partial charge in [-0.3, -0.25) is 0 Å². The van der Waals surface area contributed by atoms with Crippen LogP contribution >= 0.6 is 0 Å². The number of nitrogens with one attached hydrogen (secondary N) is 1. The highest BCUT2D eigenvalue weighted by Gasteiger charge is 2.50. The lowest BCUT2D eigenvalue weighted by atomic mass is 9.50. The Labute approximate surface area is 127 Å². The first kappa shape index (κ1) is 13.8. The van der Waals surface area contributed by atoms with Crippen molar-refractivity contribution in [1.29, 1.82) is 0 Å². The molecule has 0 radical (unpaired) electrons. The van der Waals surface area contributed by atoms with Gasteiger partial charge in [-0.15, -0.1) is 0 Å². The first-order valence-electron chi connectivity index (χ1n) is 8.64. The van der Waals surface area contributed by atoms with Crippen molar-refractivity contribution in [2.75, 3.05) is 7.05 Å². The molecule has 4 bridgehead atoms. The number of rotatable bonds is 4. The van der Waals surface area contributed by atoms with Crippen LogP contribution in [0, 0.1) is 35.4 Å². The van der Waals surface area contributed by atoms with Crippen molar-refractivity contribution in [2.24, 2.45) is 29.6 Å². The summed E-state index contributed by atoms with van der Waals surface area (Å²) in [7, 11) is 2.09. The van der Waals surface area contributed by atoms with E-state index in [1.54, 1.807) is 12.1 Å². The molecule has 4 aliphatic rings. The van der Waals surface area contributed by atoms with Gasteiger partial charge in [0.1, 0.15) is 5.82 Å². The van der Waals surface area contributed by atoms with Gasteiger partial charge in [-0.05, 0) is 92.9 Å². The van der Waals surface area contributed by atoms with Crippen LogP contribution in [0.3, 0.4) is 0 Å². The average molecular weight is 287 g/mol. The van der Waals surface area contributed by atoms with Crippen LogP contribution in [0.15, 0.2) is 24.3 Å². The fourth-order valence-electron chi connectivity index (χ4n) is 5.97. The van der Waals surface area contributed by atoms with E-state index in [-0.39, 0.29) is 5.82 Å². The summed E-state index contributed by atoms with van der Waals surface area (Å²) in [5, 5.41) is 3.58. The molecule has 0 spiro atoms. The molecule has 5 rings (SSSR count). The van der Waals surface area contributed by atoms with Crippen LogP contribution in [0.25, 0.3) is 0 Å². The molecular formula is C19H26FN. The Balaban J connectivity index is 1.53. The van der Waals surface area contributed by atoms with Crippen LogP contribution in [-0.4, -0.2) is 13.1 Å². The molecule has 1 nitrogen and oxygen atoms in total. The molecular weight excluding hydrogens is 261 g/mol. The third kappa shape index (κ3) is 2.52. The summed E-state index contributed by atoms with van der Waals surface area (Å²) in [6.45, 7) is 0. The van der Waals surface area contributed by atoms with E-state index in [4.69, 9.17) is 0 Å². The highest BCUT2D eigenvalue weighted by molar-refractivity contribution is 5.18. The van der Waals surface area contributed by atoms with Crippen LogP contribution in [0.5, 0.6) is 0 Å². The lowest BCUT2D eigenvalue weighted by molar-refractivity contribution is -0.0507. The molecule has 4 aliphatic carbocycles. The Bertz CT molecular complexity index is 484. The van der Waals surface area contributed by atoms with Crippen LogP contribution in [-0.2, 0) is 6.42 Å². The normalized spacial score (nSPS) is 38.7. The Morgan fingerprint density at radius 1 is 1.10 bits per heavy atom. The predicted octanol–water partition coefficient (Wildman–Crippen LogP) is 4.03. The van der Waals surface area contributed by atoms with Gasteiger partial charge in [0.25, 0.3) is 0 Å². The van der Waals surface area contributed by atoms with Gasteiger partial charge < -0.3 is 5.32 Å². The first-order valence-corrected chi connectivity index (χ1v) is 8.64. The van der Waals surface area contributed by atoms with Gasteiger partial charge in [0.2, 0.25) is 0 Å². The van der Waals surface area contributed by atoms with Crippen molar-refractivity contribution >= 4 is 0 Å². The average Bonchev–Trinajstić information content (AvgIpc) is 2.45. The quantitative estimate of drug-likeness (QED) is 0.881. The predicted molar refractivity (Wildman–Crippen MR) is 83.5 cm³/mol. The topological polar surface area (TPSA) is 12.0 Å². The lowest BCUT2D eigenvalue weighted by Crippen LogP contribution is -2.53. The number of hydrogen-bond acceptors (Lipinski definition) is 1. The molecule has 0 aliphatic heterocycles. The van der Waals surface area contributed by atoms with E-state index in [9.17, 15) is 4.39 Å². The summed E-state index contributed by atoms with van der Waals surface area (Å²) in [5.74, 6) is 4.60. The Morgan fingerprint density at radius 3 is 2.33 bits per heavy atom. The molecule has 1 atom stereocenters. The first-order chi connectivity index (χ1) is 10.2. The van der Waals surface area contributed by atoms with E-state index >= 15 is 0 Å². The molecule has 114 valence electrons. The maximum Gasteiger partial charge on any atom is 0.123 e. The minimum atomic E-state index is -0.104. The smallest absolute Gasteiger partial charge is 0.123 e. The number of hydrogen-bond donors (Lipinski definition) is 1. The SMILES string of the molecule is CNC(Cc1cccc(F)c1)C1C2CC3CC(C2)CC1C3. The third-order valence-electron chi connectivity index (χ3n) is 6.48. The fourth-order valence-corrected chi connectivity index (χ4v) is 5.97. The molecule has 1 unspecified atom stereocenters. The Hall–Kier alpha value is -0.890. The third-order valence-corrected chi connectivity index (χ3v) is 6.48. The van der Waals surface area contributed by atoms with Crippen molar-refractivity contribution in [2.45, 2.75) is 44.6 Å². The van der Waals surface area contributed by atoms with Crippen molar-refractivity contribution in [1.82, 2.24) is 5.32 Å². The zero-order valence-corrected chi connectivity index (χ0v) is 12.9. The van der Waals surface area contributed by atoms with Crippen LogP contribution in [0.4, 0.5) is 4.39 Å². The van der Waals surface area contributed by atoms with Crippen molar-refractivity contribution < 1.29 is 4.39 Å². The van der Waals surface area contributed by atoms with Crippen molar-refractivity contribution in [3.63, 3.8) is 0 Å². The molecule has 0 saturated heterocycles. The van der Waals surface area contributed by atoms with E-state index in [1.807, 2.05) is 6.07 Å². The molecule has 1 aromatic rings. The summed E-state index contributed by atoms with van der Waals surface area (Å²) >= 11 is 0. The zero-order chi connectivity index (χ0) is 14.4. The summed E-state index contributed by atoms with van der Waals surface area (Å²) in [6, 6.07) is 7.68. The Morgan fingerprint density at radius 2 is 1.76 bits per heavy atom. The molecule has 2 heteroatoms. The maximum atomic E-state index is 13.4. The summed E-state index contributed by atoms with van der Waals surface area (Å²) in [6.07, 6.45) is 8.31. The number of likely N-dealkylation sites (N-methyl/N-ethyl adjacent to an activating group) is 1. The van der Waals surface area contributed by atoms with Crippen molar-refractivity contribution in [3.8, 4) is 0 Å².